The Morgan fingerprint density at radius 1 is 1.07 bits per heavy atom. The Kier molecular flexibility index (Phi) is 6.29. The van der Waals surface area contributed by atoms with Crippen LogP contribution in [0.25, 0.3) is 0 Å². The zero-order valence-electron chi connectivity index (χ0n) is 15.4. The van der Waals surface area contributed by atoms with E-state index in [4.69, 9.17) is 0 Å². The van der Waals surface area contributed by atoms with Gasteiger partial charge in [0, 0.05) is 32.1 Å². The number of sulfonamides is 1. The zero-order valence-corrected chi connectivity index (χ0v) is 16.2. The third-order valence-electron chi connectivity index (χ3n) is 5.24. The Morgan fingerprint density at radius 2 is 1.71 bits per heavy atom. The molecule has 10 heteroatoms. The second-order valence-electron chi connectivity index (χ2n) is 7.06. The monoisotopic (exact) mass is 415 g/mol. The largest absolute Gasteiger partial charge is 0.347 e. The van der Waals surface area contributed by atoms with Crippen LogP contribution in [0, 0.1) is 17.6 Å². The predicted molar refractivity (Wildman–Crippen MR) is 96.7 cm³/mol. The standard InChI is InChI=1S/C18H23F2N3O4S/c19-14-5-6-15(20)16(11-14)28(26,27)23-9-7-22(8-10-23)17(24)12-21-18(25)13-3-1-2-4-13/h5-6,11,13H,1-4,7-10,12H2,(H,21,25). The van der Waals surface area contributed by atoms with Crippen molar-refractivity contribution in [2.45, 2.75) is 30.6 Å². The topological polar surface area (TPSA) is 86.8 Å². The van der Waals surface area contributed by atoms with Gasteiger partial charge in [0.05, 0.1) is 6.54 Å². The van der Waals surface area contributed by atoms with Gasteiger partial charge in [0.15, 0.2) is 0 Å². The summed E-state index contributed by atoms with van der Waals surface area (Å²) in [6.45, 7) is 0.0599. The van der Waals surface area contributed by atoms with E-state index in [2.05, 4.69) is 5.32 Å². The predicted octanol–water partition coefficient (Wildman–Crippen LogP) is 1.10. The van der Waals surface area contributed by atoms with E-state index >= 15 is 0 Å². The number of amides is 2. The highest BCUT2D eigenvalue weighted by Gasteiger charge is 2.32. The summed E-state index contributed by atoms with van der Waals surface area (Å²) in [6, 6.07) is 2.28. The molecule has 2 amide bonds. The molecule has 0 spiro atoms. The molecule has 7 nitrogen and oxygen atoms in total. The molecule has 0 radical (unpaired) electrons. The van der Waals surface area contributed by atoms with Crippen molar-refractivity contribution in [2.24, 2.45) is 5.92 Å². The minimum Gasteiger partial charge on any atom is -0.347 e. The summed E-state index contributed by atoms with van der Waals surface area (Å²) < 4.78 is 53.3. The van der Waals surface area contributed by atoms with Gasteiger partial charge in [0.2, 0.25) is 21.8 Å². The molecule has 1 aliphatic heterocycles. The molecule has 1 heterocycles. The van der Waals surface area contributed by atoms with Gasteiger partial charge in [-0.05, 0) is 31.0 Å². The lowest BCUT2D eigenvalue weighted by Crippen LogP contribution is -2.52. The average Bonchev–Trinajstić information content (AvgIpc) is 3.22. The molecule has 0 aromatic heterocycles. The number of hydrogen-bond acceptors (Lipinski definition) is 4. The molecule has 1 N–H and O–H groups in total. The van der Waals surface area contributed by atoms with Crippen LogP contribution < -0.4 is 5.32 Å². The van der Waals surface area contributed by atoms with E-state index in [-0.39, 0.29) is 50.5 Å². The van der Waals surface area contributed by atoms with E-state index in [9.17, 15) is 26.8 Å². The highest BCUT2D eigenvalue weighted by Crippen LogP contribution is 2.24. The van der Waals surface area contributed by atoms with Gasteiger partial charge < -0.3 is 10.2 Å². The summed E-state index contributed by atoms with van der Waals surface area (Å²) in [5, 5.41) is 2.65. The maximum atomic E-state index is 13.9. The van der Waals surface area contributed by atoms with Gasteiger partial charge in [-0.2, -0.15) is 4.31 Å². The van der Waals surface area contributed by atoms with Gasteiger partial charge in [-0.3, -0.25) is 9.59 Å². The molecular formula is C18H23F2N3O4S. The Labute approximate surface area is 162 Å². The van der Waals surface area contributed by atoms with Crippen molar-refractivity contribution in [2.75, 3.05) is 32.7 Å². The molecule has 2 aliphatic rings. The Hall–Kier alpha value is -2.07. The molecule has 0 bridgehead atoms. The number of nitrogens with one attached hydrogen (secondary N) is 1. The van der Waals surface area contributed by atoms with E-state index in [1.807, 2.05) is 0 Å². The molecule has 1 aromatic rings. The number of nitrogens with zero attached hydrogens (tertiary/aromatic N) is 2. The van der Waals surface area contributed by atoms with Crippen LogP contribution in [0.2, 0.25) is 0 Å². The molecular weight excluding hydrogens is 392 g/mol. The van der Waals surface area contributed by atoms with E-state index in [0.717, 1.165) is 42.1 Å². The molecule has 154 valence electrons. The smallest absolute Gasteiger partial charge is 0.246 e. The number of rotatable bonds is 5. The molecule has 1 aliphatic carbocycles. The summed E-state index contributed by atoms with van der Waals surface area (Å²) in [7, 11) is -4.19. The van der Waals surface area contributed by atoms with Crippen molar-refractivity contribution in [1.29, 1.82) is 0 Å². The van der Waals surface area contributed by atoms with E-state index in [1.165, 1.54) is 4.90 Å². The van der Waals surface area contributed by atoms with Crippen molar-refractivity contribution in [3.8, 4) is 0 Å². The fraction of sp³-hybridized carbons (Fsp3) is 0.556. The quantitative estimate of drug-likeness (QED) is 0.781. The van der Waals surface area contributed by atoms with Crippen molar-refractivity contribution in [3.63, 3.8) is 0 Å². The third kappa shape index (κ3) is 4.49. The lowest BCUT2D eigenvalue weighted by Gasteiger charge is -2.34. The molecule has 0 atom stereocenters. The van der Waals surface area contributed by atoms with Gasteiger partial charge in [0.25, 0.3) is 0 Å². The molecule has 0 unspecified atom stereocenters. The van der Waals surface area contributed by atoms with Gasteiger partial charge >= 0.3 is 0 Å². The number of benzene rings is 1. The van der Waals surface area contributed by atoms with Crippen LogP contribution >= 0.6 is 0 Å². The van der Waals surface area contributed by atoms with Crippen molar-refractivity contribution >= 4 is 21.8 Å². The molecule has 1 saturated heterocycles. The minimum atomic E-state index is -4.19. The first kappa shape index (κ1) is 20.7. The highest BCUT2D eigenvalue weighted by molar-refractivity contribution is 7.89. The maximum Gasteiger partial charge on any atom is 0.246 e. The molecule has 3 rings (SSSR count). The van der Waals surface area contributed by atoms with Crippen molar-refractivity contribution in [1.82, 2.24) is 14.5 Å². The first-order chi connectivity index (χ1) is 13.3. The molecule has 2 fully saturated rings. The summed E-state index contributed by atoms with van der Waals surface area (Å²) in [6.07, 6.45) is 3.73. The fourth-order valence-corrected chi connectivity index (χ4v) is 5.10. The summed E-state index contributed by atoms with van der Waals surface area (Å²) in [5.41, 5.74) is 0. The van der Waals surface area contributed by atoms with Crippen LogP contribution in [0.15, 0.2) is 23.1 Å². The summed E-state index contributed by atoms with van der Waals surface area (Å²) in [4.78, 5) is 25.0. The third-order valence-corrected chi connectivity index (χ3v) is 7.16. The Morgan fingerprint density at radius 3 is 2.36 bits per heavy atom. The fourth-order valence-electron chi connectivity index (χ4n) is 3.60. The number of piperazine rings is 1. The van der Waals surface area contributed by atoms with Crippen LogP contribution in [0.3, 0.4) is 0 Å². The maximum absolute atomic E-state index is 13.9. The van der Waals surface area contributed by atoms with Gasteiger partial charge in [-0.1, -0.05) is 12.8 Å². The van der Waals surface area contributed by atoms with Gasteiger partial charge in [0.1, 0.15) is 16.5 Å². The van der Waals surface area contributed by atoms with Gasteiger partial charge in [-0.25, -0.2) is 17.2 Å². The van der Waals surface area contributed by atoms with Crippen LogP contribution in [0.1, 0.15) is 25.7 Å². The first-order valence-electron chi connectivity index (χ1n) is 9.30. The van der Waals surface area contributed by atoms with Crippen LogP contribution in [0.4, 0.5) is 8.78 Å². The number of hydrogen-bond donors (Lipinski definition) is 1. The number of halogens is 2. The molecule has 1 aromatic carbocycles. The Balaban J connectivity index is 1.54. The average molecular weight is 415 g/mol. The first-order valence-corrected chi connectivity index (χ1v) is 10.7. The molecule has 1 saturated carbocycles. The summed E-state index contributed by atoms with van der Waals surface area (Å²) >= 11 is 0. The Bertz CT molecular complexity index is 848. The van der Waals surface area contributed by atoms with Gasteiger partial charge in [-0.15, -0.1) is 0 Å². The summed E-state index contributed by atoms with van der Waals surface area (Å²) in [5.74, 6) is -2.30. The lowest BCUT2D eigenvalue weighted by molar-refractivity contribution is -0.134. The van der Waals surface area contributed by atoms with E-state index < -0.39 is 26.6 Å². The second-order valence-corrected chi connectivity index (χ2v) is 8.97. The van der Waals surface area contributed by atoms with Crippen LogP contribution in [-0.4, -0.2) is 62.2 Å². The SMILES string of the molecule is O=C(NCC(=O)N1CCN(S(=O)(=O)c2cc(F)ccc2F)CC1)C1CCCC1. The normalized spacial score (nSPS) is 19.0. The van der Waals surface area contributed by atoms with Crippen molar-refractivity contribution in [3.05, 3.63) is 29.8 Å². The number of carbonyl (C=O) groups excluding carboxylic acids is 2. The van der Waals surface area contributed by atoms with E-state index in [0.29, 0.717) is 6.07 Å². The molecule has 28 heavy (non-hydrogen) atoms. The zero-order chi connectivity index (χ0) is 20.3. The number of carbonyl (C=O) groups is 2. The highest BCUT2D eigenvalue weighted by atomic mass is 32.2. The van der Waals surface area contributed by atoms with E-state index in [1.54, 1.807) is 0 Å². The second kappa shape index (κ2) is 8.52. The lowest BCUT2D eigenvalue weighted by atomic mass is 10.1. The van der Waals surface area contributed by atoms with Crippen LogP contribution in [-0.2, 0) is 19.6 Å². The minimum absolute atomic E-state index is 0.0272. The van der Waals surface area contributed by atoms with Crippen molar-refractivity contribution < 1.29 is 26.8 Å². The van der Waals surface area contributed by atoms with Crippen LogP contribution in [0.5, 0.6) is 0 Å².